The van der Waals surface area contributed by atoms with Gasteiger partial charge in [0.15, 0.2) is 5.13 Å². The van der Waals surface area contributed by atoms with Crippen molar-refractivity contribution in [3.8, 4) is 5.88 Å². The summed E-state index contributed by atoms with van der Waals surface area (Å²) in [7, 11) is 0. The summed E-state index contributed by atoms with van der Waals surface area (Å²) in [4.78, 5) is 5.20. The van der Waals surface area contributed by atoms with Gasteiger partial charge in [0, 0.05) is 24.2 Å². The third kappa shape index (κ3) is 6.04. The number of aromatic nitrogens is 1. The second-order valence-corrected chi connectivity index (χ2v) is 9.14. The topological polar surface area (TPSA) is 57.2 Å². The summed E-state index contributed by atoms with van der Waals surface area (Å²) in [6, 6.07) is 10.1. The highest BCUT2D eigenvalue weighted by Crippen LogP contribution is 2.34. The van der Waals surface area contributed by atoms with Crippen LogP contribution in [0.2, 0.25) is 0 Å². The first kappa shape index (κ1) is 18.6. The number of hydrogen-bond acceptors (Lipinski definition) is 5. The Hall–Kier alpha value is -1.75. The van der Waals surface area contributed by atoms with Crippen molar-refractivity contribution in [2.75, 3.05) is 17.2 Å². The Morgan fingerprint density at radius 2 is 1.75 bits per heavy atom. The van der Waals surface area contributed by atoms with Crippen LogP contribution in [0.5, 0.6) is 5.88 Å². The fraction of sp³-hybridized carbons (Fsp3) is 0.526. The maximum Gasteiger partial charge on any atom is 0.227 e. The van der Waals surface area contributed by atoms with E-state index in [0.717, 1.165) is 35.1 Å². The standard InChI is InChI=1S/C19H29N3OS/c1-18(2,3)13-19(4,5)22-17-21-16(23)15(24-17)11-12-20-14-9-7-6-8-10-14/h6-10,20,23H,11-13H2,1-5H3,(H,21,22). The molecule has 0 fully saturated rings. The number of anilines is 2. The van der Waals surface area contributed by atoms with Crippen molar-refractivity contribution in [2.24, 2.45) is 5.41 Å². The molecule has 0 aliphatic heterocycles. The number of rotatable bonds is 7. The van der Waals surface area contributed by atoms with Crippen LogP contribution in [0.3, 0.4) is 0 Å². The van der Waals surface area contributed by atoms with E-state index < -0.39 is 0 Å². The predicted molar refractivity (Wildman–Crippen MR) is 104 cm³/mol. The van der Waals surface area contributed by atoms with Gasteiger partial charge in [-0.25, -0.2) is 0 Å². The average molecular weight is 348 g/mol. The van der Waals surface area contributed by atoms with Gasteiger partial charge in [0.1, 0.15) is 0 Å². The summed E-state index contributed by atoms with van der Waals surface area (Å²) >= 11 is 1.54. The molecule has 5 heteroatoms. The highest BCUT2D eigenvalue weighted by atomic mass is 32.1. The van der Waals surface area contributed by atoms with E-state index in [2.05, 4.69) is 50.2 Å². The van der Waals surface area contributed by atoms with E-state index in [1.807, 2.05) is 30.3 Å². The summed E-state index contributed by atoms with van der Waals surface area (Å²) < 4.78 is 0. The van der Waals surface area contributed by atoms with Crippen LogP contribution in [-0.2, 0) is 6.42 Å². The smallest absolute Gasteiger partial charge is 0.227 e. The van der Waals surface area contributed by atoms with E-state index in [1.165, 1.54) is 11.3 Å². The Morgan fingerprint density at radius 3 is 2.38 bits per heavy atom. The highest BCUT2D eigenvalue weighted by Gasteiger charge is 2.26. The molecule has 1 heterocycles. The number of thiazole rings is 1. The van der Waals surface area contributed by atoms with E-state index >= 15 is 0 Å². The minimum atomic E-state index is -0.0674. The maximum atomic E-state index is 10.1. The van der Waals surface area contributed by atoms with Crippen molar-refractivity contribution >= 4 is 22.2 Å². The molecule has 0 aliphatic rings. The molecule has 2 rings (SSSR count). The van der Waals surface area contributed by atoms with Gasteiger partial charge >= 0.3 is 0 Å². The van der Waals surface area contributed by atoms with Crippen molar-refractivity contribution in [2.45, 2.75) is 53.0 Å². The third-order valence-corrected chi connectivity index (χ3v) is 4.57. The number of hydrogen-bond donors (Lipinski definition) is 3. The molecular weight excluding hydrogens is 318 g/mol. The number of nitrogens with zero attached hydrogens (tertiary/aromatic N) is 1. The monoisotopic (exact) mass is 347 g/mol. The lowest BCUT2D eigenvalue weighted by Gasteiger charge is -2.33. The molecule has 132 valence electrons. The Labute approximate surface area is 149 Å². The highest BCUT2D eigenvalue weighted by molar-refractivity contribution is 7.15. The molecule has 2 aromatic rings. The first-order valence-corrected chi connectivity index (χ1v) is 9.22. The SMILES string of the molecule is CC(C)(C)CC(C)(C)Nc1nc(O)c(CCNc2ccccc2)s1. The number of benzene rings is 1. The fourth-order valence-electron chi connectivity index (χ4n) is 3.10. The molecule has 0 bridgehead atoms. The Bertz CT molecular complexity index is 644. The van der Waals surface area contributed by atoms with Crippen LogP contribution in [0.1, 0.15) is 45.9 Å². The van der Waals surface area contributed by atoms with Crippen molar-refractivity contribution < 1.29 is 5.11 Å². The first-order chi connectivity index (χ1) is 11.1. The molecule has 0 radical (unpaired) electrons. The molecule has 0 spiro atoms. The molecule has 0 atom stereocenters. The number of aromatic hydroxyl groups is 1. The Balaban J connectivity index is 1.92. The minimum Gasteiger partial charge on any atom is -0.492 e. The Kier molecular flexibility index (Phi) is 5.75. The summed E-state index contributed by atoms with van der Waals surface area (Å²) in [5, 5.41) is 17.7. The molecule has 4 nitrogen and oxygen atoms in total. The molecule has 1 aromatic carbocycles. The van der Waals surface area contributed by atoms with Gasteiger partial charge in [-0.1, -0.05) is 50.3 Å². The molecule has 0 amide bonds. The lowest BCUT2D eigenvalue weighted by molar-refractivity contribution is 0.302. The van der Waals surface area contributed by atoms with Crippen LogP contribution in [0, 0.1) is 5.41 Å². The van der Waals surface area contributed by atoms with Gasteiger partial charge in [-0.05, 0) is 37.8 Å². The van der Waals surface area contributed by atoms with Gasteiger partial charge in [-0.15, -0.1) is 0 Å². The van der Waals surface area contributed by atoms with Crippen molar-refractivity contribution in [1.82, 2.24) is 4.98 Å². The van der Waals surface area contributed by atoms with E-state index in [4.69, 9.17) is 0 Å². The van der Waals surface area contributed by atoms with Crippen LogP contribution in [0.4, 0.5) is 10.8 Å². The van der Waals surface area contributed by atoms with Crippen molar-refractivity contribution in [3.05, 3.63) is 35.2 Å². The molecule has 1 aromatic heterocycles. The van der Waals surface area contributed by atoms with Gasteiger partial charge in [0.2, 0.25) is 5.88 Å². The molecular formula is C19H29N3OS. The second kappa shape index (κ2) is 7.43. The summed E-state index contributed by atoms with van der Waals surface area (Å²) in [5.74, 6) is 0.143. The van der Waals surface area contributed by atoms with Crippen LogP contribution in [-0.4, -0.2) is 22.2 Å². The normalized spacial score (nSPS) is 12.2. The third-order valence-electron chi connectivity index (χ3n) is 3.55. The fourth-order valence-corrected chi connectivity index (χ4v) is 4.13. The van der Waals surface area contributed by atoms with E-state index in [1.54, 1.807) is 0 Å². The molecule has 0 saturated heterocycles. The molecule has 3 N–H and O–H groups in total. The number of nitrogens with one attached hydrogen (secondary N) is 2. The summed E-state index contributed by atoms with van der Waals surface area (Å²) in [5.41, 5.74) is 1.26. The zero-order valence-electron chi connectivity index (χ0n) is 15.3. The second-order valence-electron chi connectivity index (χ2n) is 8.05. The largest absolute Gasteiger partial charge is 0.492 e. The van der Waals surface area contributed by atoms with Gasteiger partial charge in [-0.2, -0.15) is 4.98 Å². The van der Waals surface area contributed by atoms with Crippen LogP contribution < -0.4 is 10.6 Å². The molecule has 0 aliphatic carbocycles. The molecule has 0 unspecified atom stereocenters. The van der Waals surface area contributed by atoms with Gasteiger partial charge in [-0.3, -0.25) is 0 Å². The van der Waals surface area contributed by atoms with E-state index in [-0.39, 0.29) is 16.8 Å². The molecule has 24 heavy (non-hydrogen) atoms. The van der Waals surface area contributed by atoms with Crippen molar-refractivity contribution in [1.29, 1.82) is 0 Å². The minimum absolute atomic E-state index is 0.0674. The van der Waals surface area contributed by atoms with Gasteiger partial charge in [0.25, 0.3) is 0 Å². The van der Waals surface area contributed by atoms with Crippen LogP contribution in [0.25, 0.3) is 0 Å². The lowest BCUT2D eigenvalue weighted by atomic mass is 9.82. The van der Waals surface area contributed by atoms with E-state index in [9.17, 15) is 5.11 Å². The van der Waals surface area contributed by atoms with Crippen LogP contribution >= 0.6 is 11.3 Å². The summed E-state index contributed by atoms with van der Waals surface area (Å²) in [6.45, 7) is 11.8. The zero-order chi connectivity index (χ0) is 17.8. The zero-order valence-corrected chi connectivity index (χ0v) is 16.1. The van der Waals surface area contributed by atoms with E-state index in [0.29, 0.717) is 0 Å². The van der Waals surface area contributed by atoms with Crippen molar-refractivity contribution in [3.63, 3.8) is 0 Å². The Morgan fingerprint density at radius 1 is 1.08 bits per heavy atom. The first-order valence-electron chi connectivity index (χ1n) is 8.40. The lowest BCUT2D eigenvalue weighted by Crippen LogP contribution is -2.35. The van der Waals surface area contributed by atoms with Gasteiger partial charge < -0.3 is 15.7 Å². The van der Waals surface area contributed by atoms with Gasteiger partial charge in [0.05, 0.1) is 4.88 Å². The predicted octanol–water partition coefficient (Wildman–Crippen LogP) is 5.13. The summed E-state index contributed by atoms with van der Waals surface area (Å²) in [6.07, 6.45) is 1.77. The quantitative estimate of drug-likeness (QED) is 0.650. The average Bonchev–Trinajstić information content (AvgIpc) is 2.76. The number of para-hydroxylation sites is 1. The maximum absolute atomic E-state index is 10.1. The van der Waals surface area contributed by atoms with Crippen LogP contribution in [0.15, 0.2) is 30.3 Å². The molecule has 0 saturated carbocycles.